The number of hydrogen-bond acceptors (Lipinski definition) is 3. The largest absolute Gasteiger partial charge is 0.323 e. The van der Waals surface area contributed by atoms with Crippen LogP contribution in [0.25, 0.3) is 10.8 Å². The molecule has 3 aromatic carbocycles. The van der Waals surface area contributed by atoms with Crippen LogP contribution in [0, 0.1) is 18.7 Å². The molecule has 0 saturated carbocycles. The quantitative estimate of drug-likeness (QED) is 0.675. The number of nitrogens with one attached hydrogen (secondary N) is 1. The van der Waals surface area contributed by atoms with E-state index in [0.717, 1.165) is 16.3 Å². The molecule has 7 heteroatoms. The van der Waals surface area contributed by atoms with Crippen molar-refractivity contribution in [1.82, 2.24) is 4.31 Å². The van der Waals surface area contributed by atoms with Crippen LogP contribution >= 0.6 is 0 Å². The summed E-state index contributed by atoms with van der Waals surface area (Å²) in [4.78, 5) is 12.8. The van der Waals surface area contributed by atoms with Gasteiger partial charge in [0.05, 0.1) is 10.6 Å². The third-order valence-corrected chi connectivity index (χ3v) is 7.46. The van der Waals surface area contributed by atoms with E-state index in [1.54, 1.807) is 30.3 Å². The van der Waals surface area contributed by atoms with Gasteiger partial charge >= 0.3 is 0 Å². The lowest BCUT2D eigenvalue weighted by Crippen LogP contribution is -2.41. The average Bonchev–Trinajstić information content (AvgIpc) is 2.76. The van der Waals surface area contributed by atoms with Gasteiger partial charge in [0.1, 0.15) is 5.82 Å². The molecule has 0 atom stereocenters. The van der Waals surface area contributed by atoms with Gasteiger partial charge in [0.2, 0.25) is 15.9 Å². The molecular weight excluding hydrogens is 403 g/mol. The molecule has 1 fully saturated rings. The number of fused-ring (bicyclic) bond motifs is 1. The predicted octanol–water partition coefficient (Wildman–Crippen LogP) is 4.33. The molecule has 0 aromatic heterocycles. The lowest BCUT2D eigenvalue weighted by Gasteiger charge is -2.30. The van der Waals surface area contributed by atoms with Crippen molar-refractivity contribution in [3.8, 4) is 0 Å². The molecule has 0 aliphatic carbocycles. The fourth-order valence-corrected chi connectivity index (χ4v) is 5.31. The molecule has 1 amide bonds. The van der Waals surface area contributed by atoms with E-state index in [-0.39, 0.29) is 35.5 Å². The van der Waals surface area contributed by atoms with Gasteiger partial charge in [-0.25, -0.2) is 12.8 Å². The van der Waals surface area contributed by atoms with Crippen LogP contribution in [0.5, 0.6) is 0 Å². The Morgan fingerprint density at radius 3 is 2.43 bits per heavy atom. The topological polar surface area (TPSA) is 66.5 Å². The minimum absolute atomic E-state index is 0.159. The molecule has 0 unspecified atom stereocenters. The number of nitrogens with zero attached hydrogens (tertiary/aromatic N) is 1. The summed E-state index contributed by atoms with van der Waals surface area (Å²) in [5, 5.41) is 4.49. The maximum atomic E-state index is 13.9. The predicted molar refractivity (Wildman–Crippen MR) is 115 cm³/mol. The van der Waals surface area contributed by atoms with Gasteiger partial charge in [-0.2, -0.15) is 4.31 Å². The van der Waals surface area contributed by atoms with Crippen LogP contribution in [0.1, 0.15) is 18.4 Å². The molecule has 1 heterocycles. The molecule has 0 bridgehead atoms. The van der Waals surface area contributed by atoms with E-state index in [1.165, 1.54) is 10.4 Å². The van der Waals surface area contributed by atoms with Crippen LogP contribution in [0.2, 0.25) is 0 Å². The SMILES string of the molecule is Cc1ccc(F)c(NC(=O)C2CCN(S(=O)(=O)c3ccc4ccccc4c3)CC2)c1. The van der Waals surface area contributed by atoms with Crippen LogP contribution in [0.15, 0.2) is 65.6 Å². The monoisotopic (exact) mass is 426 g/mol. The standard InChI is InChI=1S/C23H23FN2O3S/c1-16-6-9-21(24)22(14-16)25-23(27)18-10-12-26(13-11-18)30(28,29)20-8-7-17-4-2-3-5-19(17)15-20/h2-9,14-15,18H,10-13H2,1H3,(H,25,27). The second-order valence-electron chi connectivity index (χ2n) is 7.66. The van der Waals surface area contributed by atoms with Gasteiger partial charge in [0, 0.05) is 19.0 Å². The van der Waals surface area contributed by atoms with Crippen LogP contribution in [0.3, 0.4) is 0 Å². The van der Waals surface area contributed by atoms with E-state index in [4.69, 9.17) is 0 Å². The Morgan fingerprint density at radius 1 is 1.00 bits per heavy atom. The molecule has 1 N–H and O–H groups in total. The third kappa shape index (κ3) is 4.08. The first-order valence-electron chi connectivity index (χ1n) is 9.90. The number of aryl methyl sites for hydroxylation is 1. The molecule has 1 aliphatic heterocycles. The summed E-state index contributed by atoms with van der Waals surface area (Å²) in [5.41, 5.74) is 1.01. The molecular formula is C23H23FN2O3S. The highest BCUT2D eigenvalue weighted by atomic mass is 32.2. The zero-order valence-electron chi connectivity index (χ0n) is 16.6. The number of anilines is 1. The van der Waals surface area contributed by atoms with Crippen LogP contribution in [0.4, 0.5) is 10.1 Å². The number of benzene rings is 3. The summed E-state index contributed by atoms with van der Waals surface area (Å²) in [6, 6.07) is 17.3. The summed E-state index contributed by atoms with van der Waals surface area (Å²) < 4.78 is 41.4. The van der Waals surface area contributed by atoms with E-state index >= 15 is 0 Å². The lowest BCUT2D eigenvalue weighted by atomic mass is 9.97. The Labute approximate surface area is 175 Å². The zero-order valence-corrected chi connectivity index (χ0v) is 17.5. The summed E-state index contributed by atoms with van der Waals surface area (Å²) in [7, 11) is -3.63. The summed E-state index contributed by atoms with van der Waals surface area (Å²) in [6.45, 7) is 2.33. The molecule has 3 aromatic rings. The Hall–Kier alpha value is -2.77. The first-order valence-corrected chi connectivity index (χ1v) is 11.3. The fraction of sp³-hybridized carbons (Fsp3) is 0.261. The number of carbonyl (C=O) groups is 1. The van der Waals surface area contributed by atoms with Gasteiger partial charge in [0.25, 0.3) is 0 Å². The normalized spacial score (nSPS) is 15.9. The van der Waals surface area contributed by atoms with Gasteiger partial charge in [-0.15, -0.1) is 0 Å². The van der Waals surface area contributed by atoms with Crippen molar-refractivity contribution >= 4 is 32.4 Å². The highest BCUT2D eigenvalue weighted by Crippen LogP contribution is 2.27. The molecule has 4 rings (SSSR count). The maximum Gasteiger partial charge on any atom is 0.243 e. The number of amides is 1. The van der Waals surface area contributed by atoms with Gasteiger partial charge in [-0.05, 0) is 60.4 Å². The highest BCUT2D eigenvalue weighted by molar-refractivity contribution is 7.89. The van der Waals surface area contributed by atoms with Gasteiger partial charge in [-0.1, -0.05) is 36.4 Å². The fourth-order valence-electron chi connectivity index (χ4n) is 3.80. The summed E-state index contributed by atoms with van der Waals surface area (Å²) in [6.07, 6.45) is 0.790. The van der Waals surface area contributed by atoms with Crippen molar-refractivity contribution in [2.24, 2.45) is 5.92 Å². The van der Waals surface area contributed by atoms with Gasteiger partial charge < -0.3 is 5.32 Å². The zero-order chi connectivity index (χ0) is 21.3. The molecule has 30 heavy (non-hydrogen) atoms. The van der Waals surface area contributed by atoms with Crippen molar-refractivity contribution in [2.45, 2.75) is 24.7 Å². The van der Waals surface area contributed by atoms with E-state index in [1.807, 2.05) is 31.2 Å². The number of rotatable bonds is 4. The number of hydrogen-bond donors (Lipinski definition) is 1. The first-order chi connectivity index (χ1) is 14.3. The Morgan fingerprint density at radius 2 is 1.70 bits per heavy atom. The summed E-state index contributed by atoms with van der Waals surface area (Å²) >= 11 is 0. The van der Waals surface area contributed by atoms with Crippen molar-refractivity contribution in [1.29, 1.82) is 0 Å². The van der Waals surface area contributed by atoms with E-state index < -0.39 is 15.8 Å². The van der Waals surface area contributed by atoms with E-state index in [0.29, 0.717) is 12.8 Å². The average molecular weight is 427 g/mol. The van der Waals surface area contributed by atoms with Gasteiger partial charge in [0.15, 0.2) is 0 Å². The second-order valence-corrected chi connectivity index (χ2v) is 9.60. The second kappa shape index (κ2) is 8.16. The highest BCUT2D eigenvalue weighted by Gasteiger charge is 2.32. The van der Waals surface area contributed by atoms with Crippen molar-refractivity contribution in [2.75, 3.05) is 18.4 Å². The molecule has 1 aliphatic rings. The Kier molecular flexibility index (Phi) is 5.58. The maximum absolute atomic E-state index is 13.9. The molecule has 0 spiro atoms. The molecule has 0 radical (unpaired) electrons. The molecule has 5 nitrogen and oxygen atoms in total. The van der Waals surface area contributed by atoms with E-state index in [9.17, 15) is 17.6 Å². The number of sulfonamides is 1. The Bertz CT molecular complexity index is 1200. The van der Waals surface area contributed by atoms with E-state index in [2.05, 4.69) is 5.32 Å². The molecule has 156 valence electrons. The van der Waals surface area contributed by atoms with Crippen molar-refractivity contribution < 1.29 is 17.6 Å². The van der Waals surface area contributed by atoms with Crippen LogP contribution in [-0.4, -0.2) is 31.7 Å². The van der Waals surface area contributed by atoms with Gasteiger partial charge in [-0.3, -0.25) is 4.79 Å². The van der Waals surface area contributed by atoms with Crippen LogP contribution in [-0.2, 0) is 14.8 Å². The minimum Gasteiger partial charge on any atom is -0.323 e. The summed E-state index contributed by atoms with van der Waals surface area (Å²) in [5.74, 6) is -1.11. The van der Waals surface area contributed by atoms with Crippen molar-refractivity contribution in [3.63, 3.8) is 0 Å². The Balaban J connectivity index is 1.44. The third-order valence-electron chi connectivity index (χ3n) is 5.56. The minimum atomic E-state index is -3.63. The lowest BCUT2D eigenvalue weighted by molar-refractivity contribution is -0.120. The van der Waals surface area contributed by atoms with Crippen LogP contribution < -0.4 is 5.32 Å². The molecule has 1 saturated heterocycles. The number of piperidine rings is 1. The smallest absolute Gasteiger partial charge is 0.243 e. The number of halogens is 1. The first kappa shape index (κ1) is 20.5. The number of carbonyl (C=O) groups excluding carboxylic acids is 1. The van der Waals surface area contributed by atoms with Crippen molar-refractivity contribution in [3.05, 3.63) is 72.0 Å².